The smallest absolute Gasteiger partial charge is 0.0732 e. The van der Waals surface area contributed by atoms with E-state index in [0.29, 0.717) is 5.92 Å². The van der Waals surface area contributed by atoms with Gasteiger partial charge in [0.25, 0.3) is 0 Å². The lowest BCUT2D eigenvalue weighted by Gasteiger charge is -2.22. The molecule has 1 fully saturated rings. The number of benzene rings is 1. The van der Waals surface area contributed by atoms with Crippen molar-refractivity contribution >= 4 is 5.69 Å². The molecule has 3 heteroatoms. The quantitative estimate of drug-likeness (QED) is 0.839. The first-order valence-corrected chi connectivity index (χ1v) is 7.86. The molecule has 1 aromatic carbocycles. The number of hydrogen-bond acceptors (Lipinski definition) is 3. The van der Waals surface area contributed by atoms with Crippen molar-refractivity contribution in [1.82, 2.24) is 0 Å². The summed E-state index contributed by atoms with van der Waals surface area (Å²) in [5.41, 5.74) is 8.47. The van der Waals surface area contributed by atoms with Gasteiger partial charge in [0.2, 0.25) is 0 Å². The molecule has 3 N–H and O–H groups in total. The zero-order valence-electron chi connectivity index (χ0n) is 12.8. The molecule has 2 rings (SSSR count). The van der Waals surface area contributed by atoms with Gasteiger partial charge in [0.05, 0.1) is 12.1 Å². The minimum atomic E-state index is -0.449. The van der Waals surface area contributed by atoms with E-state index in [0.717, 1.165) is 31.5 Å². The second-order valence-corrected chi connectivity index (χ2v) is 6.35. The summed E-state index contributed by atoms with van der Waals surface area (Å²) in [5, 5.41) is 10.2. The Bertz CT molecular complexity index is 396. The van der Waals surface area contributed by atoms with E-state index >= 15 is 0 Å². The van der Waals surface area contributed by atoms with Crippen LogP contribution in [0, 0.1) is 5.92 Å². The lowest BCUT2D eigenvalue weighted by molar-refractivity contribution is 0.128. The lowest BCUT2D eigenvalue weighted by atomic mass is 9.96. The predicted octanol–water partition coefficient (Wildman–Crippen LogP) is 3.08. The van der Waals surface area contributed by atoms with Gasteiger partial charge in [-0.05, 0) is 49.3 Å². The summed E-state index contributed by atoms with van der Waals surface area (Å²) in [4.78, 5) is 2.41. The van der Waals surface area contributed by atoms with E-state index in [4.69, 9.17) is 5.73 Å². The zero-order valence-corrected chi connectivity index (χ0v) is 12.8. The summed E-state index contributed by atoms with van der Waals surface area (Å²) >= 11 is 0. The third kappa shape index (κ3) is 3.97. The summed E-state index contributed by atoms with van der Waals surface area (Å²) in [6.07, 6.45) is 3.91. The summed E-state index contributed by atoms with van der Waals surface area (Å²) < 4.78 is 0. The highest BCUT2D eigenvalue weighted by Crippen LogP contribution is 2.24. The van der Waals surface area contributed by atoms with Gasteiger partial charge >= 0.3 is 0 Å². The molecule has 0 bridgehead atoms. The molecule has 0 saturated carbocycles. The first-order valence-electron chi connectivity index (χ1n) is 7.86. The number of aliphatic hydroxyl groups is 1. The molecular weight excluding hydrogens is 248 g/mol. The van der Waals surface area contributed by atoms with E-state index < -0.39 is 6.10 Å². The van der Waals surface area contributed by atoms with Crippen LogP contribution in [0.1, 0.15) is 51.1 Å². The van der Waals surface area contributed by atoms with E-state index in [2.05, 4.69) is 43.0 Å². The van der Waals surface area contributed by atoms with Crippen LogP contribution in [0.4, 0.5) is 5.69 Å². The van der Waals surface area contributed by atoms with Crippen molar-refractivity contribution in [2.24, 2.45) is 11.7 Å². The van der Waals surface area contributed by atoms with Crippen molar-refractivity contribution in [1.29, 1.82) is 0 Å². The Morgan fingerprint density at radius 1 is 1.10 bits per heavy atom. The number of aliphatic hydroxyl groups excluding tert-OH is 1. The van der Waals surface area contributed by atoms with Gasteiger partial charge in [-0.3, -0.25) is 0 Å². The molecule has 0 amide bonds. The molecule has 1 aliphatic rings. The molecule has 112 valence electrons. The van der Waals surface area contributed by atoms with Gasteiger partial charge in [-0.25, -0.2) is 0 Å². The summed E-state index contributed by atoms with van der Waals surface area (Å²) in [5.74, 6) is 0.606. The van der Waals surface area contributed by atoms with Gasteiger partial charge < -0.3 is 15.7 Å². The average Bonchev–Trinajstić information content (AvgIpc) is 2.98. The second kappa shape index (κ2) is 7.09. The molecule has 3 nitrogen and oxygen atoms in total. The molecule has 0 aromatic heterocycles. The third-order valence-electron chi connectivity index (χ3n) is 4.20. The fraction of sp³-hybridized carbons (Fsp3) is 0.647. The maximum absolute atomic E-state index is 10.2. The van der Waals surface area contributed by atoms with Crippen LogP contribution in [0.2, 0.25) is 0 Å². The maximum atomic E-state index is 10.2. The van der Waals surface area contributed by atoms with E-state index in [9.17, 15) is 5.11 Å². The molecule has 1 aromatic rings. The predicted molar refractivity (Wildman–Crippen MR) is 84.9 cm³/mol. The van der Waals surface area contributed by atoms with Gasteiger partial charge in [-0.1, -0.05) is 26.0 Å². The van der Waals surface area contributed by atoms with Crippen molar-refractivity contribution in [3.8, 4) is 0 Å². The molecule has 0 spiro atoms. The van der Waals surface area contributed by atoms with Crippen LogP contribution >= 0.6 is 0 Å². The summed E-state index contributed by atoms with van der Waals surface area (Å²) in [7, 11) is 0. The van der Waals surface area contributed by atoms with E-state index in [1.165, 1.54) is 18.5 Å². The molecule has 2 atom stereocenters. The average molecular weight is 276 g/mol. The van der Waals surface area contributed by atoms with Crippen molar-refractivity contribution in [2.75, 3.05) is 18.0 Å². The maximum Gasteiger partial charge on any atom is 0.0732 e. The largest absolute Gasteiger partial charge is 0.391 e. The fourth-order valence-electron chi connectivity index (χ4n) is 2.79. The highest BCUT2D eigenvalue weighted by Gasteiger charge is 2.18. The molecule has 0 radical (unpaired) electrons. The normalized spacial score (nSPS) is 18.6. The summed E-state index contributed by atoms with van der Waals surface area (Å²) in [6.45, 7) is 6.65. The van der Waals surface area contributed by atoms with Crippen molar-refractivity contribution in [2.45, 2.75) is 51.7 Å². The lowest BCUT2D eigenvalue weighted by Crippen LogP contribution is -2.26. The fourth-order valence-corrected chi connectivity index (χ4v) is 2.79. The van der Waals surface area contributed by atoms with Crippen LogP contribution in [0.25, 0.3) is 0 Å². The standard InChI is InChI=1S/C17H28N2O/c1-13(2)5-10-16(20)17(18)14-6-8-15(9-7-14)19-11-3-4-12-19/h6-9,13,16-17,20H,3-5,10-12,18H2,1-2H3/t16-,17+/m1/s1. The number of nitrogens with zero attached hydrogens (tertiary/aromatic N) is 1. The van der Waals surface area contributed by atoms with Crippen LogP contribution in [0.3, 0.4) is 0 Å². The SMILES string of the molecule is CC(C)CC[C@@H](O)[C@@H](N)c1ccc(N2CCCC2)cc1. The monoisotopic (exact) mass is 276 g/mol. The number of rotatable bonds is 6. The molecule has 1 heterocycles. The Hall–Kier alpha value is -1.06. The molecular formula is C17H28N2O. The van der Waals surface area contributed by atoms with Crippen LogP contribution < -0.4 is 10.6 Å². The number of hydrogen-bond donors (Lipinski definition) is 2. The van der Waals surface area contributed by atoms with Gasteiger partial charge in [-0.15, -0.1) is 0 Å². The first-order chi connectivity index (χ1) is 9.58. The Kier molecular flexibility index (Phi) is 5.44. The summed E-state index contributed by atoms with van der Waals surface area (Å²) in [6, 6.07) is 8.13. The van der Waals surface area contributed by atoms with Crippen molar-refractivity contribution < 1.29 is 5.11 Å². The van der Waals surface area contributed by atoms with Crippen LogP contribution in [0.15, 0.2) is 24.3 Å². The Balaban J connectivity index is 1.94. The zero-order chi connectivity index (χ0) is 14.5. The Morgan fingerprint density at radius 2 is 1.70 bits per heavy atom. The van der Waals surface area contributed by atoms with E-state index in [-0.39, 0.29) is 6.04 Å². The molecule has 0 aliphatic carbocycles. The van der Waals surface area contributed by atoms with Crippen molar-refractivity contribution in [3.05, 3.63) is 29.8 Å². The second-order valence-electron chi connectivity index (χ2n) is 6.35. The van der Waals surface area contributed by atoms with Gasteiger partial charge in [0.1, 0.15) is 0 Å². The highest BCUT2D eigenvalue weighted by molar-refractivity contribution is 5.48. The van der Waals surface area contributed by atoms with Crippen LogP contribution in [-0.2, 0) is 0 Å². The van der Waals surface area contributed by atoms with Gasteiger partial charge in [0.15, 0.2) is 0 Å². The molecule has 1 aliphatic heterocycles. The van der Waals surface area contributed by atoms with E-state index in [1.54, 1.807) is 0 Å². The minimum Gasteiger partial charge on any atom is -0.391 e. The van der Waals surface area contributed by atoms with Crippen LogP contribution in [0.5, 0.6) is 0 Å². The highest BCUT2D eigenvalue weighted by atomic mass is 16.3. The minimum absolute atomic E-state index is 0.277. The van der Waals surface area contributed by atoms with Crippen LogP contribution in [-0.4, -0.2) is 24.3 Å². The van der Waals surface area contributed by atoms with Gasteiger partial charge in [-0.2, -0.15) is 0 Å². The topological polar surface area (TPSA) is 49.5 Å². The number of nitrogens with two attached hydrogens (primary N) is 1. The van der Waals surface area contributed by atoms with Crippen molar-refractivity contribution in [3.63, 3.8) is 0 Å². The molecule has 1 saturated heterocycles. The van der Waals surface area contributed by atoms with Gasteiger partial charge in [0, 0.05) is 18.8 Å². The molecule has 20 heavy (non-hydrogen) atoms. The Morgan fingerprint density at radius 3 is 2.25 bits per heavy atom. The Labute approximate surface area is 122 Å². The number of anilines is 1. The van der Waals surface area contributed by atoms with E-state index in [1.807, 2.05) is 0 Å². The third-order valence-corrected chi connectivity index (χ3v) is 4.20. The first kappa shape index (κ1) is 15.3. The molecule has 0 unspecified atom stereocenters.